The van der Waals surface area contributed by atoms with Gasteiger partial charge in [-0.1, -0.05) is 0 Å². The number of nitrogens with one attached hydrogen (secondary N) is 1. The average molecular weight is 261 g/mol. The number of carboxylic acids is 1. The highest BCUT2D eigenvalue weighted by Crippen LogP contribution is 2.24. The largest absolute Gasteiger partial charge is 0.506 e. The number of aromatic hydroxyl groups is 1. The van der Waals surface area contributed by atoms with Crippen molar-refractivity contribution < 1.29 is 19.8 Å². The number of aromatic carboxylic acids is 1. The summed E-state index contributed by atoms with van der Waals surface area (Å²) in [6, 6.07) is 3.64. The van der Waals surface area contributed by atoms with Crippen LogP contribution in [0.3, 0.4) is 0 Å². The first kappa shape index (κ1) is 12.6. The zero-order chi connectivity index (χ0) is 14.0. The lowest BCUT2D eigenvalue weighted by Gasteiger charge is -2.07. The van der Waals surface area contributed by atoms with Gasteiger partial charge in [-0.15, -0.1) is 0 Å². The molecule has 3 N–H and O–H groups in total. The maximum Gasteiger partial charge on any atom is 0.335 e. The van der Waals surface area contributed by atoms with Crippen LogP contribution in [0.1, 0.15) is 20.7 Å². The quantitative estimate of drug-likeness (QED) is 0.717. The highest BCUT2D eigenvalue weighted by atomic mass is 16.4. The van der Waals surface area contributed by atoms with Crippen molar-refractivity contribution in [2.75, 3.05) is 5.32 Å². The van der Waals surface area contributed by atoms with Gasteiger partial charge in [0.25, 0.3) is 5.91 Å². The number of nitrogens with zero attached hydrogens (tertiary/aromatic N) is 2. The molecule has 19 heavy (non-hydrogen) atoms. The minimum atomic E-state index is -1.14. The van der Waals surface area contributed by atoms with Gasteiger partial charge in [0.15, 0.2) is 0 Å². The summed E-state index contributed by atoms with van der Waals surface area (Å²) in [5.41, 5.74) is 0.315. The van der Waals surface area contributed by atoms with Gasteiger partial charge < -0.3 is 15.5 Å². The van der Waals surface area contributed by atoms with Crippen molar-refractivity contribution in [3.63, 3.8) is 0 Å². The molecule has 0 aliphatic heterocycles. The standard InChI is InChI=1S/C12H11N3O4/c1-15-6-8(5-13-15)11(17)14-9-4-7(12(18)19)2-3-10(9)16/h2-6,16H,1H3,(H,14,17)(H,18,19). The van der Waals surface area contributed by atoms with Gasteiger partial charge in [-0.25, -0.2) is 4.79 Å². The van der Waals surface area contributed by atoms with E-state index in [4.69, 9.17) is 5.11 Å². The first-order chi connectivity index (χ1) is 8.97. The molecule has 0 spiro atoms. The number of hydrogen-bond donors (Lipinski definition) is 3. The molecule has 0 aliphatic carbocycles. The Morgan fingerprint density at radius 3 is 2.63 bits per heavy atom. The summed E-state index contributed by atoms with van der Waals surface area (Å²) in [5, 5.41) is 24.7. The van der Waals surface area contributed by atoms with Gasteiger partial charge in [-0.05, 0) is 18.2 Å². The number of phenolic OH excluding ortho intramolecular Hbond substituents is 1. The fourth-order valence-corrected chi connectivity index (χ4v) is 1.50. The van der Waals surface area contributed by atoms with Gasteiger partial charge in [-0.3, -0.25) is 9.48 Å². The van der Waals surface area contributed by atoms with Crippen LogP contribution < -0.4 is 5.32 Å². The van der Waals surface area contributed by atoms with Gasteiger partial charge in [0.2, 0.25) is 0 Å². The molecule has 0 saturated heterocycles. The van der Waals surface area contributed by atoms with Gasteiger partial charge in [0, 0.05) is 13.2 Å². The van der Waals surface area contributed by atoms with Crippen LogP contribution >= 0.6 is 0 Å². The van der Waals surface area contributed by atoms with Crippen LogP contribution in [0.25, 0.3) is 0 Å². The molecule has 0 bridgehead atoms. The van der Waals surface area contributed by atoms with E-state index in [1.165, 1.54) is 35.3 Å². The molecule has 1 aromatic heterocycles. The van der Waals surface area contributed by atoms with Crippen LogP contribution in [0.15, 0.2) is 30.6 Å². The van der Waals surface area contributed by atoms with Crippen molar-refractivity contribution in [1.29, 1.82) is 0 Å². The molecule has 7 nitrogen and oxygen atoms in total. The van der Waals surface area contributed by atoms with E-state index in [-0.39, 0.29) is 17.0 Å². The molecule has 0 fully saturated rings. The maximum absolute atomic E-state index is 11.8. The van der Waals surface area contributed by atoms with Crippen LogP contribution in [0.2, 0.25) is 0 Å². The maximum atomic E-state index is 11.8. The topological polar surface area (TPSA) is 104 Å². The van der Waals surface area contributed by atoms with Gasteiger partial charge in [0.05, 0.1) is 23.0 Å². The zero-order valence-electron chi connectivity index (χ0n) is 9.99. The van der Waals surface area contributed by atoms with Crippen molar-refractivity contribution in [1.82, 2.24) is 9.78 Å². The van der Waals surface area contributed by atoms with Gasteiger partial charge >= 0.3 is 5.97 Å². The first-order valence-electron chi connectivity index (χ1n) is 5.33. The van der Waals surface area contributed by atoms with E-state index in [0.717, 1.165) is 0 Å². The summed E-state index contributed by atoms with van der Waals surface area (Å²) >= 11 is 0. The molecular formula is C12H11N3O4. The summed E-state index contributed by atoms with van der Waals surface area (Å²) in [6.45, 7) is 0. The van der Waals surface area contributed by atoms with Crippen LogP contribution in [-0.4, -0.2) is 31.9 Å². The minimum Gasteiger partial charge on any atom is -0.506 e. The summed E-state index contributed by atoms with van der Waals surface area (Å²) < 4.78 is 1.46. The SMILES string of the molecule is Cn1cc(C(=O)Nc2cc(C(=O)O)ccc2O)cn1. The predicted octanol–water partition coefficient (Wildman–Crippen LogP) is 1.08. The van der Waals surface area contributed by atoms with E-state index in [1.54, 1.807) is 7.05 Å². The van der Waals surface area contributed by atoms with Crippen molar-refractivity contribution in [2.45, 2.75) is 0 Å². The molecule has 2 aromatic rings. The number of amides is 1. The number of benzene rings is 1. The van der Waals surface area contributed by atoms with Crippen LogP contribution in [0.5, 0.6) is 5.75 Å². The number of hydrogen-bond acceptors (Lipinski definition) is 4. The normalized spacial score (nSPS) is 10.2. The van der Waals surface area contributed by atoms with E-state index < -0.39 is 11.9 Å². The van der Waals surface area contributed by atoms with Crippen molar-refractivity contribution in [2.24, 2.45) is 7.05 Å². The van der Waals surface area contributed by atoms with Crippen LogP contribution in [0, 0.1) is 0 Å². The Kier molecular flexibility index (Phi) is 3.19. The number of carbonyl (C=O) groups excluding carboxylic acids is 1. The molecule has 1 heterocycles. The molecule has 0 unspecified atom stereocenters. The number of anilines is 1. The molecule has 0 atom stereocenters. The number of aryl methyl sites for hydroxylation is 1. The summed E-state index contributed by atoms with van der Waals surface area (Å²) in [6.07, 6.45) is 2.88. The third kappa shape index (κ3) is 2.71. The molecule has 98 valence electrons. The molecule has 1 amide bonds. The fourth-order valence-electron chi connectivity index (χ4n) is 1.50. The molecule has 0 saturated carbocycles. The Morgan fingerprint density at radius 1 is 1.32 bits per heavy atom. The van der Waals surface area contributed by atoms with E-state index in [2.05, 4.69) is 10.4 Å². The number of carboxylic acid groups (broad SMARTS) is 1. The summed E-state index contributed by atoms with van der Waals surface area (Å²) in [7, 11) is 1.67. The smallest absolute Gasteiger partial charge is 0.335 e. The molecule has 0 radical (unpaired) electrons. The molecule has 7 heteroatoms. The third-order valence-corrected chi connectivity index (χ3v) is 2.46. The number of rotatable bonds is 3. The lowest BCUT2D eigenvalue weighted by atomic mass is 10.2. The Bertz CT molecular complexity index is 648. The summed E-state index contributed by atoms with van der Waals surface area (Å²) in [4.78, 5) is 22.7. The number of phenols is 1. The van der Waals surface area contributed by atoms with Crippen molar-refractivity contribution >= 4 is 17.6 Å². The second-order valence-corrected chi connectivity index (χ2v) is 3.89. The highest BCUT2D eigenvalue weighted by molar-refractivity contribution is 6.05. The second kappa shape index (κ2) is 4.81. The Balaban J connectivity index is 2.25. The second-order valence-electron chi connectivity index (χ2n) is 3.89. The minimum absolute atomic E-state index is 0.0284. The van der Waals surface area contributed by atoms with E-state index in [1.807, 2.05) is 0 Å². The van der Waals surface area contributed by atoms with E-state index >= 15 is 0 Å². The Hall–Kier alpha value is -2.83. The molecule has 1 aromatic carbocycles. The lowest BCUT2D eigenvalue weighted by Crippen LogP contribution is -2.12. The van der Waals surface area contributed by atoms with Crippen LogP contribution in [-0.2, 0) is 7.05 Å². The van der Waals surface area contributed by atoms with Gasteiger partial charge in [0.1, 0.15) is 5.75 Å². The highest BCUT2D eigenvalue weighted by Gasteiger charge is 2.13. The number of carbonyl (C=O) groups is 2. The monoisotopic (exact) mass is 261 g/mol. The third-order valence-electron chi connectivity index (χ3n) is 2.46. The van der Waals surface area contributed by atoms with Crippen molar-refractivity contribution in [3.8, 4) is 5.75 Å². The molecule has 0 aliphatic rings. The van der Waals surface area contributed by atoms with Crippen LogP contribution in [0.4, 0.5) is 5.69 Å². The molecule has 2 rings (SSSR count). The average Bonchev–Trinajstić information content (AvgIpc) is 2.78. The Morgan fingerprint density at radius 2 is 2.05 bits per heavy atom. The first-order valence-corrected chi connectivity index (χ1v) is 5.33. The fraction of sp³-hybridized carbons (Fsp3) is 0.0833. The van der Waals surface area contributed by atoms with Crippen molar-refractivity contribution in [3.05, 3.63) is 41.7 Å². The summed E-state index contributed by atoms with van der Waals surface area (Å²) in [5.74, 6) is -1.83. The molecular weight excluding hydrogens is 250 g/mol. The lowest BCUT2D eigenvalue weighted by molar-refractivity contribution is 0.0696. The van der Waals surface area contributed by atoms with Gasteiger partial charge in [-0.2, -0.15) is 5.10 Å². The van der Waals surface area contributed by atoms with E-state index in [9.17, 15) is 14.7 Å². The number of aromatic nitrogens is 2. The predicted molar refractivity (Wildman–Crippen MR) is 66.2 cm³/mol. The van der Waals surface area contributed by atoms with E-state index in [0.29, 0.717) is 5.56 Å². The Labute approximate surface area is 108 Å². The zero-order valence-corrected chi connectivity index (χ0v) is 9.99.